The number of hydrogen-bond donors (Lipinski definition) is 1. The van der Waals surface area contributed by atoms with Gasteiger partial charge >= 0.3 is 5.97 Å². The summed E-state index contributed by atoms with van der Waals surface area (Å²) in [6.45, 7) is 3.70. The number of esters is 1. The van der Waals surface area contributed by atoms with Gasteiger partial charge in [-0.15, -0.1) is 6.58 Å². The van der Waals surface area contributed by atoms with Crippen LogP contribution in [0.3, 0.4) is 0 Å². The lowest BCUT2D eigenvalue weighted by molar-refractivity contribution is 0.0472. The van der Waals surface area contributed by atoms with Gasteiger partial charge < -0.3 is 4.74 Å². The molecule has 120 valence electrons. The summed E-state index contributed by atoms with van der Waals surface area (Å²) in [5.41, 5.74) is 1.04. The normalized spacial score (nSPS) is 11.0. The third-order valence-corrected chi connectivity index (χ3v) is 4.43. The van der Waals surface area contributed by atoms with E-state index in [1.807, 2.05) is 30.3 Å². The zero-order chi connectivity index (χ0) is 16.7. The predicted octanol–water partition coefficient (Wildman–Crippen LogP) is 2.51. The number of carbonyl (C=O) groups excluding carboxylic acids is 1. The first-order valence-corrected chi connectivity index (χ1v) is 8.43. The molecule has 0 atom stereocenters. The van der Waals surface area contributed by atoms with E-state index in [4.69, 9.17) is 4.74 Å². The van der Waals surface area contributed by atoms with Crippen molar-refractivity contribution in [2.75, 3.05) is 6.54 Å². The first-order chi connectivity index (χ1) is 11.0. The number of rotatable bonds is 7. The van der Waals surface area contributed by atoms with Crippen LogP contribution in [0.4, 0.5) is 0 Å². The fourth-order valence-electron chi connectivity index (χ4n) is 1.85. The van der Waals surface area contributed by atoms with E-state index in [9.17, 15) is 13.2 Å². The first kappa shape index (κ1) is 16.9. The van der Waals surface area contributed by atoms with Crippen molar-refractivity contribution in [3.8, 4) is 0 Å². The van der Waals surface area contributed by atoms with Gasteiger partial charge in [0, 0.05) is 6.54 Å². The van der Waals surface area contributed by atoms with Gasteiger partial charge in [0.25, 0.3) is 0 Å². The van der Waals surface area contributed by atoms with Crippen molar-refractivity contribution in [2.45, 2.75) is 11.5 Å². The Kier molecular flexibility index (Phi) is 5.67. The molecule has 2 aromatic carbocycles. The molecule has 0 amide bonds. The maximum atomic E-state index is 12.1. The molecular formula is C17H17NO4S. The fraction of sp³-hybridized carbons (Fsp3) is 0.118. The van der Waals surface area contributed by atoms with Gasteiger partial charge in [-0.05, 0) is 23.8 Å². The van der Waals surface area contributed by atoms with Crippen molar-refractivity contribution in [3.63, 3.8) is 0 Å². The van der Waals surface area contributed by atoms with E-state index in [1.165, 1.54) is 30.3 Å². The molecule has 0 saturated carbocycles. The van der Waals surface area contributed by atoms with Crippen LogP contribution in [0.5, 0.6) is 0 Å². The van der Waals surface area contributed by atoms with Gasteiger partial charge in [0.15, 0.2) is 0 Å². The van der Waals surface area contributed by atoms with E-state index in [0.29, 0.717) is 0 Å². The number of benzene rings is 2. The van der Waals surface area contributed by atoms with Gasteiger partial charge in [-0.2, -0.15) is 0 Å². The van der Waals surface area contributed by atoms with Gasteiger partial charge in [0.05, 0.1) is 10.5 Å². The fourth-order valence-corrected chi connectivity index (χ4v) is 2.89. The van der Waals surface area contributed by atoms with Crippen molar-refractivity contribution in [1.82, 2.24) is 4.72 Å². The largest absolute Gasteiger partial charge is 0.457 e. The maximum absolute atomic E-state index is 12.1. The zero-order valence-electron chi connectivity index (χ0n) is 12.4. The van der Waals surface area contributed by atoms with E-state index in [1.54, 1.807) is 0 Å². The smallest absolute Gasteiger partial charge is 0.338 e. The van der Waals surface area contributed by atoms with Crippen molar-refractivity contribution in [1.29, 1.82) is 0 Å². The van der Waals surface area contributed by atoms with Crippen LogP contribution >= 0.6 is 0 Å². The second kappa shape index (κ2) is 7.71. The van der Waals surface area contributed by atoms with Crippen LogP contribution in [-0.4, -0.2) is 20.9 Å². The van der Waals surface area contributed by atoms with Crippen LogP contribution in [0.15, 0.2) is 72.1 Å². The second-order valence-corrected chi connectivity index (χ2v) is 6.50. The SMILES string of the molecule is C=CCNS(=O)(=O)c1cccc(C(=O)OCc2ccccc2)c1. The van der Waals surface area contributed by atoms with Crippen LogP contribution in [0.25, 0.3) is 0 Å². The summed E-state index contributed by atoms with van der Waals surface area (Å²) in [6.07, 6.45) is 1.44. The summed E-state index contributed by atoms with van der Waals surface area (Å²) in [4.78, 5) is 12.1. The molecule has 1 N–H and O–H groups in total. The molecule has 0 bridgehead atoms. The molecule has 0 fully saturated rings. The summed E-state index contributed by atoms with van der Waals surface area (Å²) >= 11 is 0. The highest BCUT2D eigenvalue weighted by molar-refractivity contribution is 7.89. The van der Waals surface area contributed by atoms with Gasteiger partial charge in [0.1, 0.15) is 6.61 Å². The second-order valence-electron chi connectivity index (χ2n) is 4.73. The van der Waals surface area contributed by atoms with Crippen molar-refractivity contribution < 1.29 is 17.9 Å². The molecule has 0 aromatic heterocycles. The highest BCUT2D eigenvalue weighted by Crippen LogP contribution is 2.13. The van der Waals surface area contributed by atoms with E-state index in [0.717, 1.165) is 5.56 Å². The van der Waals surface area contributed by atoms with Gasteiger partial charge in [-0.3, -0.25) is 0 Å². The molecule has 0 heterocycles. The number of hydrogen-bond acceptors (Lipinski definition) is 4. The Morgan fingerprint density at radius 1 is 1.13 bits per heavy atom. The number of ether oxygens (including phenoxy) is 1. The quantitative estimate of drug-likeness (QED) is 0.625. The van der Waals surface area contributed by atoms with Crippen molar-refractivity contribution in [2.24, 2.45) is 0 Å². The molecule has 0 unspecified atom stereocenters. The third-order valence-electron chi connectivity index (χ3n) is 3.01. The Labute approximate surface area is 135 Å². The summed E-state index contributed by atoms with van der Waals surface area (Å²) in [5.74, 6) is -0.574. The highest BCUT2D eigenvalue weighted by atomic mass is 32.2. The minimum absolute atomic E-state index is 0.00788. The minimum atomic E-state index is -3.67. The molecule has 5 nitrogen and oxygen atoms in total. The lowest BCUT2D eigenvalue weighted by Gasteiger charge is -2.08. The predicted molar refractivity (Wildman–Crippen MR) is 87.4 cm³/mol. The number of nitrogens with one attached hydrogen (secondary N) is 1. The van der Waals surface area contributed by atoms with Crippen LogP contribution in [0.2, 0.25) is 0 Å². The van der Waals surface area contributed by atoms with Gasteiger partial charge in [-0.25, -0.2) is 17.9 Å². The maximum Gasteiger partial charge on any atom is 0.338 e. The Morgan fingerprint density at radius 3 is 2.57 bits per heavy atom. The van der Waals surface area contributed by atoms with E-state index in [2.05, 4.69) is 11.3 Å². The topological polar surface area (TPSA) is 72.5 Å². The standard InChI is InChI=1S/C17H17NO4S/c1-2-11-18-23(20,21)16-10-6-9-15(12-16)17(19)22-13-14-7-4-3-5-8-14/h2-10,12,18H,1,11,13H2. The highest BCUT2D eigenvalue weighted by Gasteiger charge is 2.16. The van der Waals surface area contributed by atoms with Crippen LogP contribution < -0.4 is 4.72 Å². The Morgan fingerprint density at radius 2 is 1.87 bits per heavy atom. The first-order valence-electron chi connectivity index (χ1n) is 6.94. The number of carbonyl (C=O) groups is 1. The summed E-state index contributed by atoms with van der Waals surface area (Å²) < 4.78 is 31.6. The zero-order valence-corrected chi connectivity index (χ0v) is 13.3. The van der Waals surface area contributed by atoms with Gasteiger partial charge in [-0.1, -0.05) is 42.5 Å². The summed E-state index contributed by atoms with van der Waals surface area (Å²) in [6, 6.07) is 15.0. The molecule has 0 spiro atoms. The van der Waals surface area contributed by atoms with Crippen molar-refractivity contribution >= 4 is 16.0 Å². The van der Waals surface area contributed by atoms with Crippen LogP contribution in [0.1, 0.15) is 15.9 Å². The van der Waals surface area contributed by atoms with E-state index in [-0.39, 0.29) is 23.6 Å². The van der Waals surface area contributed by atoms with Crippen LogP contribution in [0, 0.1) is 0 Å². The molecular weight excluding hydrogens is 314 g/mol. The molecule has 0 saturated heterocycles. The lowest BCUT2D eigenvalue weighted by Crippen LogP contribution is -2.23. The monoisotopic (exact) mass is 331 g/mol. The molecule has 0 aliphatic heterocycles. The van der Waals surface area contributed by atoms with Crippen molar-refractivity contribution in [3.05, 3.63) is 78.4 Å². The average molecular weight is 331 g/mol. The summed E-state index contributed by atoms with van der Waals surface area (Å²) in [5, 5.41) is 0. The molecule has 2 rings (SSSR count). The van der Waals surface area contributed by atoms with Gasteiger partial charge in [0.2, 0.25) is 10.0 Å². The lowest BCUT2D eigenvalue weighted by atomic mass is 10.2. The van der Waals surface area contributed by atoms with E-state index < -0.39 is 16.0 Å². The average Bonchev–Trinajstić information content (AvgIpc) is 2.59. The Bertz CT molecular complexity index is 785. The molecule has 0 aliphatic carbocycles. The molecule has 6 heteroatoms. The molecule has 0 aliphatic rings. The van der Waals surface area contributed by atoms with E-state index >= 15 is 0 Å². The van der Waals surface area contributed by atoms with Crippen LogP contribution in [-0.2, 0) is 21.4 Å². The number of sulfonamides is 1. The Hall–Kier alpha value is -2.44. The Balaban J connectivity index is 2.09. The third kappa shape index (κ3) is 4.77. The molecule has 0 radical (unpaired) electrons. The molecule has 2 aromatic rings. The molecule has 23 heavy (non-hydrogen) atoms. The summed E-state index contributed by atoms with van der Waals surface area (Å²) in [7, 11) is -3.67. The minimum Gasteiger partial charge on any atom is -0.457 e.